The molecule has 4 nitrogen and oxygen atoms in total. The summed E-state index contributed by atoms with van der Waals surface area (Å²) < 4.78 is 5.62. The molecule has 1 amide bonds. The number of primary amides is 1. The molecule has 5 heteroatoms. The van der Waals surface area contributed by atoms with Crippen molar-refractivity contribution < 1.29 is 14.6 Å². The van der Waals surface area contributed by atoms with Crippen LogP contribution in [0.15, 0.2) is 18.2 Å². The Balaban J connectivity index is 3.11. The second-order valence-corrected chi connectivity index (χ2v) is 3.95. The molecule has 0 aliphatic carbocycles. The third kappa shape index (κ3) is 3.12. The smallest absolute Gasteiger partial charge is 0.241 e. The number of hydrogen-bond acceptors (Lipinski definition) is 3. The largest absolute Gasteiger partial charge is 0.504 e. The average molecular weight is 319 g/mol. The van der Waals surface area contributed by atoms with Crippen LogP contribution in [0.2, 0.25) is 0 Å². The number of phenols is 1. The predicted molar refractivity (Wildman–Crippen MR) is 65.6 cm³/mol. The van der Waals surface area contributed by atoms with E-state index < -0.39 is 5.91 Å². The summed E-state index contributed by atoms with van der Waals surface area (Å²) in [5.74, 6) is -0.0580. The molecule has 0 atom stereocenters. The van der Waals surface area contributed by atoms with E-state index >= 15 is 0 Å². The molecule has 1 rings (SSSR count). The van der Waals surface area contributed by atoms with E-state index in [-0.39, 0.29) is 5.75 Å². The number of benzene rings is 1. The van der Waals surface area contributed by atoms with Gasteiger partial charge in [-0.05, 0) is 46.4 Å². The molecule has 0 heterocycles. The summed E-state index contributed by atoms with van der Waals surface area (Å²) in [6.07, 6.45) is 2.81. The first-order valence-electron chi connectivity index (χ1n) is 4.08. The van der Waals surface area contributed by atoms with Crippen LogP contribution in [0.4, 0.5) is 0 Å². The Kier molecular flexibility index (Phi) is 3.96. The van der Waals surface area contributed by atoms with Crippen molar-refractivity contribution in [2.45, 2.75) is 0 Å². The van der Waals surface area contributed by atoms with Gasteiger partial charge in [0.1, 0.15) is 0 Å². The summed E-state index contributed by atoms with van der Waals surface area (Å²) >= 11 is 1.98. The maximum atomic E-state index is 10.5. The van der Waals surface area contributed by atoms with Gasteiger partial charge in [-0.2, -0.15) is 0 Å². The normalized spacial score (nSPS) is 10.5. The Morgan fingerprint density at radius 3 is 2.80 bits per heavy atom. The second kappa shape index (κ2) is 5.01. The zero-order valence-electron chi connectivity index (χ0n) is 8.03. The molecule has 15 heavy (non-hydrogen) atoms. The lowest BCUT2D eigenvalue weighted by atomic mass is 10.2. The van der Waals surface area contributed by atoms with Gasteiger partial charge in [-0.25, -0.2) is 0 Å². The molecule has 3 N–H and O–H groups in total. The van der Waals surface area contributed by atoms with Gasteiger partial charge in [0.05, 0.1) is 10.7 Å². The standard InChI is InChI=1S/C10H10INO3/c1-15-8-5-6(2-3-9(12)13)4-7(11)10(8)14/h2-5,14H,1H3,(H2,12,13)/b3-2-. The minimum atomic E-state index is -0.517. The third-order valence-corrected chi connectivity index (χ3v) is 2.53. The molecule has 0 aromatic heterocycles. The summed E-state index contributed by atoms with van der Waals surface area (Å²) in [7, 11) is 1.46. The van der Waals surface area contributed by atoms with E-state index in [1.54, 1.807) is 18.2 Å². The van der Waals surface area contributed by atoms with E-state index in [0.29, 0.717) is 9.32 Å². The highest BCUT2D eigenvalue weighted by Crippen LogP contribution is 2.32. The Hall–Kier alpha value is -1.24. The van der Waals surface area contributed by atoms with Gasteiger partial charge >= 0.3 is 0 Å². The maximum absolute atomic E-state index is 10.5. The molecule has 0 saturated carbocycles. The van der Waals surface area contributed by atoms with Crippen LogP contribution >= 0.6 is 22.6 Å². The van der Waals surface area contributed by atoms with Crippen LogP contribution in [-0.4, -0.2) is 18.1 Å². The Morgan fingerprint density at radius 1 is 1.60 bits per heavy atom. The van der Waals surface area contributed by atoms with Crippen molar-refractivity contribution in [2.24, 2.45) is 5.73 Å². The van der Waals surface area contributed by atoms with Crippen LogP contribution in [0.5, 0.6) is 11.5 Å². The lowest BCUT2D eigenvalue weighted by Crippen LogP contribution is -2.05. The molecular formula is C10H10INO3. The van der Waals surface area contributed by atoms with E-state index in [2.05, 4.69) is 0 Å². The SMILES string of the molecule is COc1cc(/C=C\C(N)=O)cc(I)c1O. The number of carbonyl (C=O) groups excluding carboxylic acids is 1. The average Bonchev–Trinajstić information content (AvgIpc) is 2.19. The zero-order valence-corrected chi connectivity index (χ0v) is 10.2. The molecule has 0 aliphatic heterocycles. The number of carbonyl (C=O) groups is 1. The number of halogens is 1. The van der Waals surface area contributed by atoms with Gasteiger partial charge in [0.15, 0.2) is 11.5 Å². The maximum Gasteiger partial charge on any atom is 0.241 e. The second-order valence-electron chi connectivity index (χ2n) is 2.79. The van der Waals surface area contributed by atoms with Gasteiger partial charge in [-0.1, -0.05) is 0 Å². The number of hydrogen-bond donors (Lipinski definition) is 2. The highest BCUT2D eigenvalue weighted by Gasteiger charge is 2.06. The lowest BCUT2D eigenvalue weighted by Gasteiger charge is -2.06. The molecule has 1 aromatic rings. The summed E-state index contributed by atoms with van der Waals surface area (Å²) in [4.78, 5) is 10.5. The summed E-state index contributed by atoms with van der Waals surface area (Å²) in [6.45, 7) is 0. The van der Waals surface area contributed by atoms with Gasteiger partial charge < -0.3 is 15.6 Å². The van der Waals surface area contributed by atoms with Crippen molar-refractivity contribution in [1.29, 1.82) is 0 Å². The molecular weight excluding hydrogens is 309 g/mol. The van der Waals surface area contributed by atoms with E-state index in [9.17, 15) is 9.90 Å². The van der Waals surface area contributed by atoms with Gasteiger partial charge in [-0.15, -0.1) is 0 Å². The van der Waals surface area contributed by atoms with Crippen LogP contribution in [-0.2, 0) is 4.79 Å². The fourth-order valence-corrected chi connectivity index (χ4v) is 1.65. The summed E-state index contributed by atoms with van der Waals surface area (Å²) in [6, 6.07) is 3.34. The number of phenolic OH excluding ortho intramolecular Hbond substituents is 1. The molecule has 1 aromatic carbocycles. The van der Waals surface area contributed by atoms with E-state index in [1.165, 1.54) is 13.2 Å². The van der Waals surface area contributed by atoms with Crippen LogP contribution < -0.4 is 10.5 Å². The Labute approximate surface area is 101 Å². The molecule has 0 radical (unpaired) electrons. The van der Waals surface area contributed by atoms with Crippen LogP contribution in [0.3, 0.4) is 0 Å². The fourth-order valence-electron chi connectivity index (χ4n) is 1.02. The number of rotatable bonds is 3. The summed E-state index contributed by atoms with van der Waals surface area (Å²) in [5, 5.41) is 9.55. The number of aromatic hydroxyl groups is 1. The van der Waals surface area contributed by atoms with Crippen molar-refractivity contribution in [3.63, 3.8) is 0 Å². The highest BCUT2D eigenvalue weighted by molar-refractivity contribution is 14.1. The van der Waals surface area contributed by atoms with E-state index in [1.807, 2.05) is 22.6 Å². The van der Waals surface area contributed by atoms with Crippen molar-refractivity contribution in [3.8, 4) is 11.5 Å². The molecule has 0 spiro atoms. The third-order valence-electron chi connectivity index (χ3n) is 1.71. The van der Waals surface area contributed by atoms with Gasteiger partial charge in [-0.3, -0.25) is 4.79 Å². The fraction of sp³-hybridized carbons (Fsp3) is 0.100. The molecule has 0 aliphatic rings. The quantitative estimate of drug-likeness (QED) is 0.655. The summed E-state index contributed by atoms with van der Waals surface area (Å²) in [5.41, 5.74) is 5.71. The van der Waals surface area contributed by atoms with Crippen LogP contribution in [0.1, 0.15) is 5.56 Å². The van der Waals surface area contributed by atoms with Crippen LogP contribution in [0.25, 0.3) is 6.08 Å². The van der Waals surface area contributed by atoms with Crippen molar-refractivity contribution in [1.82, 2.24) is 0 Å². The first-order chi connectivity index (χ1) is 7.04. The molecule has 0 bridgehead atoms. The first-order valence-corrected chi connectivity index (χ1v) is 5.16. The number of amides is 1. The van der Waals surface area contributed by atoms with Crippen molar-refractivity contribution in [2.75, 3.05) is 7.11 Å². The van der Waals surface area contributed by atoms with Gasteiger partial charge in [0, 0.05) is 6.08 Å². The molecule has 0 unspecified atom stereocenters. The number of nitrogens with two attached hydrogens (primary N) is 1. The monoisotopic (exact) mass is 319 g/mol. The van der Waals surface area contributed by atoms with E-state index in [0.717, 1.165) is 5.56 Å². The molecule has 80 valence electrons. The lowest BCUT2D eigenvalue weighted by molar-refractivity contribution is -0.113. The van der Waals surface area contributed by atoms with Crippen molar-refractivity contribution >= 4 is 34.6 Å². The number of methoxy groups -OCH3 is 1. The Bertz CT molecular complexity index is 415. The Morgan fingerprint density at radius 2 is 2.27 bits per heavy atom. The topological polar surface area (TPSA) is 72.5 Å². The van der Waals surface area contributed by atoms with Crippen LogP contribution in [0, 0.1) is 3.57 Å². The first kappa shape index (κ1) is 11.8. The number of ether oxygens (including phenoxy) is 1. The zero-order chi connectivity index (χ0) is 11.4. The minimum absolute atomic E-state index is 0.0920. The molecule has 0 fully saturated rings. The molecule has 0 saturated heterocycles. The van der Waals surface area contributed by atoms with E-state index in [4.69, 9.17) is 10.5 Å². The van der Waals surface area contributed by atoms with Crippen molar-refractivity contribution in [3.05, 3.63) is 27.3 Å². The van der Waals surface area contributed by atoms with Gasteiger partial charge in [0.25, 0.3) is 0 Å². The van der Waals surface area contributed by atoms with Gasteiger partial charge in [0.2, 0.25) is 5.91 Å². The minimum Gasteiger partial charge on any atom is -0.504 e. The predicted octanol–water partition coefficient (Wildman–Crippen LogP) is 1.50. The highest BCUT2D eigenvalue weighted by atomic mass is 127.